The number of methoxy groups -OCH3 is 1. The third-order valence-electron chi connectivity index (χ3n) is 2.97. The highest BCUT2D eigenvalue weighted by atomic mass is 32.2. The SMILES string of the molecule is COC(=O)CSc1nnc(C)n1-c1ccc(N(C)C)cc1. The number of benzene rings is 1. The number of aromatic nitrogens is 3. The lowest BCUT2D eigenvalue weighted by Gasteiger charge is -2.14. The molecule has 0 amide bonds. The van der Waals surface area contributed by atoms with Crippen molar-refractivity contribution in [3.05, 3.63) is 30.1 Å². The van der Waals surface area contributed by atoms with Crippen LogP contribution in [0.25, 0.3) is 5.69 Å². The number of anilines is 1. The molecule has 0 bridgehead atoms. The van der Waals surface area contributed by atoms with E-state index >= 15 is 0 Å². The molecule has 112 valence electrons. The number of esters is 1. The first-order valence-electron chi connectivity index (χ1n) is 6.42. The van der Waals surface area contributed by atoms with E-state index in [1.54, 1.807) is 0 Å². The second-order valence-electron chi connectivity index (χ2n) is 4.64. The van der Waals surface area contributed by atoms with Gasteiger partial charge in [-0.3, -0.25) is 9.36 Å². The fourth-order valence-electron chi connectivity index (χ4n) is 1.82. The van der Waals surface area contributed by atoms with E-state index in [0.717, 1.165) is 17.2 Å². The third kappa shape index (κ3) is 3.55. The van der Waals surface area contributed by atoms with Crippen LogP contribution in [-0.4, -0.2) is 47.7 Å². The molecule has 0 spiro atoms. The van der Waals surface area contributed by atoms with Gasteiger partial charge < -0.3 is 9.64 Å². The predicted octanol–water partition coefficient (Wildman–Crippen LogP) is 1.91. The molecule has 0 fully saturated rings. The van der Waals surface area contributed by atoms with Gasteiger partial charge >= 0.3 is 5.97 Å². The Labute approximate surface area is 128 Å². The van der Waals surface area contributed by atoms with Crippen LogP contribution in [0.3, 0.4) is 0 Å². The summed E-state index contributed by atoms with van der Waals surface area (Å²) in [4.78, 5) is 13.3. The maximum atomic E-state index is 11.3. The number of hydrogen-bond donors (Lipinski definition) is 0. The van der Waals surface area contributed by atoms with Crippen molar-refractivity contribution in [1.82, 2.24) is 14.8 Å². The third-order valence-corrected chi connectivity index (χ3v) is 3.87. The van der Waals surface area contributed by atoms with Crippen LogP contribution in [0, 0.1) is 6.92 Å². The van der Waals surface area contributed by atoms with E-state index in [2.05, 4.69) is 14.9 Å². The van der Waals surface area contributed by atoms with Gasteiger partial charge in [-0.1, -0.05) is 11.8 Å². The van der Waals surface area contributed by atoms with Gasteiger partial charge in [0.2, 0.25) is 0 Å². The summed E-state index contributed by atoms with van der Waals surface area (Å²) in [6.07, 6.45) is 0. The van der Waals surface area contributed by atoms with Crippen molar-refractivity contribution in [2.75, 3.05) is 31.9 Å². The highest BCUT2D eigenvalue weighted by Gasteiger charge is 2.13. The molecular formula is C14H18N4O2S. The first kappa shape index (κ1) is 15.4. The zero-order valence-corrected chi connectivity index (χ0v) is 13.3. The van der Waals surface area contributed by atoms with E-state index in [1.807, 2.05) is 54.8 Å². The largest absolute Gasteiger partial charge is 0.468 e. The Morgan fingerprint density at radius 3 is 2.52 bits per heavy atom. The second kappa shape index (κ2) is 6.62. The molecule has 0 atom stereocenters. The summed E-state index contributed by atoms with van der Waals surface area (Å²) < 4.78 is 6.57. The van der Waals surface area contributed by atoms with Gasteiger partial charge in [-0.15, -0.1) is 10.2 Å². The molecule has 1 aromatic carbocycles. The van der Waals surface area contributed by atoms with Crippen molar-refractivity contribution in [3.63, 3.8) is 0 Å². The second-order valence-corrected chi connectivity index (χ2v) is 5.58. The molecule has 0 aliphatic rings. The zero-order chi connectivity index (χ0) is 15.4. The molecule has 1 heterocycles. The minimum absolute atomic E-state index is 0.213. The van der Waals surface area contributed by atoms with Crippen LogP contribution in [0.4, 0.5) is 5.69 Å². The van der Waals surface area contributed by atoms with Gasteiger partial charge in [0.05, 0.1) is 12.9 Å². The number of hydrogen-bond acceptors (Lipinski definition) is 6. The van der Waals surface area contributed by atoms with E-state index in [0.29, 0.717) is 5.16 Å². The standard InChI is InChI=1S/C14H18N4O2S/c1-10-15-16-14(21-9-13(19)20-4)18(10)12-7-5-11(6-8-12)17(2)3/h5-8H,9H2,1-4H3. The maximum Gasteiger partial charge on any atom is 0.316 e. The average molecular weight is 306 g/mol. The minimum atomic E-state index is -0.282. The summed E-state index contributed by atoms with van der Waals surface area (Å²) >= 11 is 1.31. The molecular weight excluding hydrogens is 288 g/mol. The van der Waals surface area contributed by atoms with Gasteiger partial charge in [0.1, 0.15) is 5.82 Å². The van der Waals surface area contributed by atoms with E-state index in [4.69, 9.17) is 0 Å². The van der Waals surface area contributed by atoms with Crippen molar-refractivity contribution in [2.24, 2.45) is 0 Å². The molecule has 0 saturated carbocycles. The fraction of sp³-hybridized carbons (Fsp3) is 0.357. The number of carbonyl (C=O) groups is 1. The summed E-state index contributed by atoms with van der Waals surface area (Å²) in [6, 6.07) is 8.08. The van der Waals surface area contributed by atoms with Crippen LogP contribution in [0.5, 0.6) is 0 Å². The van der Waals surface area contributed by atoms with Crippen LogP contribution in [0.2, 0.25) is 0 Å². The Hall–Kier alpha value is -2.02. The number of thioether (sulfide) groups is 1. The molecule has 6 nitrogen and oxygen atoms in total. The van der Waals surface area contributed by atoms with Crippen molar-refractivity contribution < 1.29 is 9.53 Å². The molecule has 0 radical (unpaired) electrons. The lowest BCUT2D eigenvalue weighted by Crippen LogP contribution is -2.09. The lowest BCUT2D eigenvalue weighted by atomic mass is 10.2. The van der Waals surface area contributed by atoms with Crippen LogP contribution in [0.1, 0.15) is 5.82 Å². The quantitative estimate of drug-likeness (QED) is 0.621. The van der Waals surface area contributed by atoms with Gasteiger partial charge in [-0.05, 0) is 31.2 Å². The lowest BCUT2D eigenvalue weighted by molar-refractivity contribution is -0.137. The summed E-state index contributed by atoms with van der Waals surface area (Å²) in [5.41, 5.74) is 2.09. The molecule has 2 aromatic rings. The molecule has 1 aromatic heterocycles. The molecule has 7 heteroatoms. The summed E-state index contributed by atoms with van der Waals surface area (Å²) in [5, 5.41) is 8.87. The number of aryl methyl sites for hydroxylation is 1. The Bertz CT molecular complexity index is 622. The topological polar surface area (TPSA) is 60.2 Å². The van der Waals surface area contributed by atoms with E-state index < -0.39 is 0 Å². The first-order chi connectivity index (χ1) is 10.0. The molecule has 21 heavy (non-hydrogen) atoms. The molecule has 0 unspecified atom stereocenters. The van der Waals surface area contributed by atoms with Gasteiger partial charge in [0.25, 0.3) is 0 Å². The van der Waals surface area contributed by atoms with E-state index in [-0.39, 0.29) is 11.7 Å². The van der Waals surface area contributed by atoms with Crippen LogP contribution >= 0.6 is 11.8 Å². The number of carbonyl (C=O) groups excluding carboxylic acids is 1. The normalized spacial score (nSPS) is 10.5. The van der Waals surface area contributed by atoms with Crippen LogP contribution in [-0.2, 0) is 9.53 Å². The summed E-state index contributed by atoms with van der Waals surface area (Å²) in [7, 11) is 5.37. The minimum Gasteiger partial charge on any atom is -0.468 e. The van der Waals surface area contributed by atoms with Gasteiger partial charge in [-0.2, -0.15) is 0 Å². The highest BCUT2D eigenvalue weighted by molar-refractivity contribution is 7.99. The average Bonchev–Trinajstić information content (AvgIpc) is 2.85. The van der Waals surface area contributed by atoms with Crippen molar-refractivity contribution >= 4 is 23.4 Å². The van der Waals surface area contributed by atoms with Gasteiger partial charge in [0, 0.05) is 25.5 Å². The molecule has 0 aliphatic heterocycles. The summed E-state index contributed by atoms with van der Waals surface area (Å²) in [6.45, 7) is 1.88. The molecule has 2 rings (SSSR count). The number of nitrogens with zero attached hydrogens (tertiary/aromatic N) is 4. The maximum absolute atomic E-state index is 11.3. The van der Waals surface area contributed by atoms with Crippen LogP contribution < -0.4 is 4.90 Å². The Morgan fingerprint density at radius 2 is 1.95 bits per heavy atom. The fourth-order valence-corrected chi connectivity index (χ4v) is 2.65. The van der Waals surface area contributed by atoms with Crippen molar-refractivity contribution in [1.29, 1.82) is 0 Å². The van der Waals surface area contributed by atoms with Gasteiger partial charge in [-0.25, -0.2) is 0 Å². The highest BCUT2D eigenvalue weighted by Crippen LogP contribution is 2.23. The van der Waals surface area contributed by atoms with Crippen molar-refractivity contribution in [3.8, 4) is 5.69 Å². The van der Waals surface area contributed by atoms with Gasteiger partial charge in [0.15, 0.2) is 5.16 Å². The number of rotatable bonds is 5. The Balaban J connectivity index is 2.26. The smallest absolute Gasteiger partial charge is 0.316 e. The Kier molecular flexibility index (Phi) is 4.85. The monoisotopic (exact) mass is 306 g/mol. The predicted molar refractivity (Wildman–Crippen MR) is 83.2 cm³/mol. The Morgan fingerprint density at radius 1 is 1.29 bits per heavy atom. The van der Waals surface area contributed by atoms with E-state index in [1.165, 1.54) is 18.9 Å². The molecule has 0 aliphatic carbocycles. The zero-order valence-electron chi connectivity index (χ0n) is 12.5. The molecule has 0 N–H and O–H groups in total. The number of ether oxygens (including phenoxy) is 1. The van der Waals surface area contributed by atoms with Crippen molar-refractivity contribution in [2.45, 2.75) is 12.1 Å². The first-order valence-corrected chi connectivity index (χ1v) is 7.41. The molecule has 0 saturated heterocycles. The summed E-state index contributed by atoms with van der Waals surface area (Å²) in [5.74, 6) is 0.708. The van der Waals surface area contributed by atoms with E-state index in [9.17, 15) is 4.79 Å². The van der Waals surface area contributed by atoms with Crippen LogP contribution in [0.15, 0.2) is 29.4 Å².